The predicted octanol–water partition coefficient (Wildman–Crippen LogP) is 7.11. The van der Waals surface area contributed by atoms with Crippen molar-refractivity contribution in [3.05, 3.63) is 90.2 Å². The van der Waals surface area contributed by atoms with Gasteiger partial charge in [-0.1, -0.05) is 66.7 Å². The Hall–Kier alpha value is -3.06. The van der Waals surface area contributed by atoms with Gasteiger partial charge in [0.15, 0.2) is 0 Å². The van der Waals surface area contributed by atoms with Gasteiger partial charge in [0, 0.05) is 10.9 Å². The van der Waals surface area contributed by atoms with Crippen molar-refractivity contribution in [1.29, 1.82) is 0 Å². The fourth-order valence-electron chi connectivity index (χ4n) is 3.30. The molecule has 1 aromatic heterocycles. The number of aryl methyl sites for hydroxylation is 1. The van der Waals surface area contributed by atoms with Gasteiger partial charge in [-0.2, -0.15) is 0 Å². The second-order valence-corrected chi connectivity index (χ2v) is 6.23. The molecule has 0 aliphatic heterocycles. The van der Waals surface area contributed by atoms with Crippen molar-refractivity contribution in [2.45, 2.75) is 13.8 Å². The summed E-state index contributed by atoms with van der Waals surface area (Å²) in [4.78, 5) is 0. The summed E-state index contributed by atoms with van der Waals surface area (Å²) in [5.74, 6) is 0.961. The summed E-state index contributed by atoms with van der Waals surface area (Å²) in [6.45, 7) is 4.05. The van der Waals surface area contributed by atoms with Gasteiger partial charge in [-0.3, -0.25) is 0 Å². The monoisotopic (exact) mass is 324 g/mol. The van der Waals surface area contributed by atoms with Crippen LogP contribution in [0.15, 0.2) is 83.3 Å². The molecule has 4 aromatic rings. The van der Waals surface area contributed by atoms with Crippen LogP contribution in [0.1, 0.15) is 18.2 Å². The lowest BCUT2D eigenvalue weighted by atomic mass is 9.97. The van der Waals surface area contributed by atoms with E-state index in [4.69, 9.17) is 4.42 Å². The van der Waals surface area contributed by atoms with Crippen molar-refractivity contribution >= 4 is 17.0 Å². The summed E-state index contributed by atoms with van der Waals surface area (Å²) in [6, 6.07) is 25.6. The molecule has 25 heavy (non-hydrogen) atoms. The minimum Gasteiger partial charge on any atom is -0.461 e. The highest BCUT2D eigenvalue weighted by atomic mass is 16.3. The second-order valence-electron chi connectivity index (χ2n) is 6.23. The lowest BCUT2D eigenvalue weighted by molar-refractivity contribution is 0.577. The first kappa shape index (κ1) is 15.5. The zero-order valence-electron chi connectivity index (χ0n) is 14.5. The third-order valence-corrected chi connectivity index (χ3v) is 4.55. The summed E-state index contributed by atoms with van der Waals surface area (Å²) >= 11 is 0. The normalized spacial score (nSPS) is 11.4. The predicted molar refractivity (Wildman–Crippen MR) is 107 cm³/mol. The van der Waals surface area contributed by atoms with E-state index in [0.29, 0.717) is 0 Å². The highest BCUT2D eigenvalue weighted by molar-refractivity contribution is 5.92. The molecule has 0 saturated carbocycles. The van der Waals surface area contributed by atoms with Crippen molar-refractivity contribution in [1.82, 2.24) is 0 Å². The Morgan fingerprint density at radius 1 is 0.720 bits per heavy atom. The molecular weight excluding hydrogens is 304 g/mol. The maximum Gasteiger partial charge on any atom is 0.134 e. The molecule has 0 radical (unpaired) electrons. The SMILES string of the molecule is C/C=C\c1c(C)oc2ccc(-c3cccc(-c4ccccc4)c3)cc12. The molecule has 0 fully saturated rings. The Morgan fingerprint density at radius 2 is 1.40 bits per heavy atom. The van der Waals surface area contributed by atoms with Crippen LogP contribution in [0.5, 0.6) is 0 Å². The molecule has 0 aliphatic carbocycles. The van der Waals surface area contributed by atoms with Gasteiger partial charge in [-0.15, -0.1) is 0 Å². The molecule has 3 aromatic carbocycles. The summed E-state index contributed by atoms with van der Waals surface area (Å²) in [6.07, 6.45) is 4.17. The summed E-state index contributed by atoms with van der Waals surface area (Å²) in [5.41, 5.74) is 6.99. The van der Waals surface area contributed by atoms with Crippen molar-refractivity contribution in [3.8, 4) is 22.3 Å². The quantitative estimate of drug-likeness (QED) is 0.391. The molecular formula is C24H20O. The lowest BCUT2D eigenvalue weighted by Crippen LogP contribution is -1.82. The fraction of sp³-hybridized carbons (Fsp3) is 0.0833. The zero-order chi connectivity index (χ0) is 17.2. The largest absolute Gasteiger partial charge is 0.461 e. The first-order valence-corrected chi connectivity index (χ1v) is 8.58. The molecule has 0 amide bonds. The van der Waals surface area contributed by atoms with Gasteiger partial charge in [0.05, 0.1) is 0 Å². The number of fused-ring (bicyclic) bond motifs is 1. The molecule has 1 nitrogen and oxygen atoms in total. The molecule has 122 valence electrons. The maximum atomic E-state index is 5.88. The van der Waals surface area contributed by atoms with Gasteiger partial charge in [0.2, 0.25) is 0 Å². The Kier molecular flexibility index (Phi) is 3.99. The lowest BCUT2D eigenvalue weighted by Gasteiger charge is -2.06. The smallest absolute Gasteiger partial charge is 0.134 e. The standard InChI is InChI=1S/C24H20O/c1-3-8-22-17(2)25-24-14-13-21(16-23(22)24)20-12-7-11-19(15-20)18-9-5-4-6-10-18/h3-16H,1-2H3/b8-3-. The highest BCUT2D eigenvalue weighted by Gasteiger charge is 2.10. The average molecular weight is 324 g/mol. The number of furan rings is 1. The number of hydrogen-bond acceptors (Lipinski definition) is 1. The van der Waals surface area contributed by atoms with Crippen LogP contribution in [0.2, 0.25) is 0 Å². The van der Waals surface area contributed by atoms with Crippen LogP contribution >= 0.6 is 0 Å². The molecule has 0 bridgehead atoms. The Morgan fingerprint density at radius 3 is 2.16 bits per heavy atom. The molecule has 4 rings (SSSR count). The van der Waals surface area contributed by atoms with E-state index in [1.807, 2.05) is 19.9 Å². The van der Waals surface area contributed by atoms with E-state index in [-0.39, 0.29) is 0 Å². The van der Waals surface area contributed by atoms with Crippen LogP contribution in [0.4, 0.5) is 0 Å². The van der Waals surface area contributed by atoms with Crippen molar-refractivity contribution in [2.24, 2.45) is 0 Å². The van der Waals surface area contributed by atoms with Crippen molar-refractivity contribution in [2.75, 3.05) is 0 Å². The maximum absolute atomic E-state index is 5.88. The number of hydrogen-bond donors (Lipinski definition) is 0. The number of benzene rings is 3. The van der Waals surface area contributed by atoms with Crippen LogP contribution < -0.4 is 0 Å². The molecule has 1 heteroatoms. The van der Waals surface area contributed by atoms with Crippen LogP contribution in [0, 0.1) is 6.92 Å². The topological polar surface area (TPSA) is 13.1 Å². The Labute approximate surface area is 148 Å². The molecule has 0 N–H and O–H groups in total. The summed E-state index contributed by atoms with van der Waals surface area (Å²) in [5, 5.41) is 1.17. The Bertz CT molecular complexity index is 1050. The van der Waals surface area contributed by atoms with Gasteiger partial charge in [-0.05, 0) is 54.3 Å². The van der Waals surface area contributed by atoms with E-state index in [9.17, 15) is 0 Å². The summed E-state index contributed by atoms with van der Waals surface area (Å²) in [7, 11) is 0. The minimum atomic E-state index is 0.938. The van der Waals surface area contributed by atoms with Crippen LogP contribution in [-0.2, 0) is 0 Å². The van der Waals surface area contributed by atoms with Gasteiger partial charge in [0.1, 0.15) is 11.3 Å². The van der Waals surface area contributed by atoms with Gasteiger partial charge in [-0.25, -0.2) is 0 Å². The molecule has 0 unspecified atom stereocenters. The van der Waals surface area contributed by atoms with E-state index in [0.717, 1.165) is 11.3 Å². The molecule has 0 aliphatic rings. The second kappa shape index (κ2) is 6.45. The van der Waals surface area contributed by atoms with E-state index in [1.165, 1.54) is 33.2 Å². The first-order valence-electron chi connectivity index (χ1n) is 8.58. The third-order valence-electron chi connectivity index (χ3n) is 4.55. The fourth-order valence-corrected chi connectivity index (χ4v) is 3.30. The van der Waals surface area contributed by atoms with Crippen molar-refractivity contribution in [3.63, 3.8) is 0 Å². The molecule has 1 heterocycles. The van der Waals surface area contributed by atoms with E-state index in [2.05, 4.69) is 78.9 Å². The first-order chi connectivity index (χ1) is 12.3. The van der Waals surface area contributed by atoms with Crippen LogP contribution in [0.3, 0.4) is 0 Å². The molecule has 0 spiro atoms. The van der Waals surface area contributed by atoms with Crippen LogP contribution in [0.25, 0.3) is 39.3 Å². The zero-order valence-corrected chi connectivity index (χ0v) is 14.5. The average Bonchev–Trinajstić information content (AvgIpc) is 2.98. The Balaban J connectivity index is 1.83. The van der Waals surface area contributed by atoms with Gasteiger partial charge < -0.3 is 4.42 Å². The molecule has 0 saturated heterocycles. The molecule has 0 atom stereocenters. The van der Waals surface area contributed by atoms with Gasteiger partial charge >= 0.3 is 0 Å². The van der Waals surface area contributed by atoms with E-state index < -0.39 is 0 Å². The van der Waals surface area contributed by atoms with Gasteiger partial charge in [0.25, 0.3) is 0 Å². The van der Waals surface area contributed by atoms with E-state index >= 15 is 0 Å². The van der Waals surface area contributed by atoms with Crippen molar-refractivity contribution < 1.29 is 4.42 Å². The van der Waals surface area contributed by atoms with Crippen LogP contribution in [-0.4, -0.2) is 0 Å². The summed E-state index contributed by atoms with van der Waals surface area (Å²) < 4.78 is 5.88. The highest BCUT2D eigenvalue weighted by Crippen LogP contribution is 2.32. The third kappa shape index (κ3) is 2.89. The number of allylic oxidation sites excluding steroid dienone is 1. The number of rotatable bonds is 3. The van der Waals surface area contributed by atoms with E-state index in [1.54, 1.807) is 0 Å². The minimum absolute atomic E-state index is 0.938.